The van der Waals surface area contributed by atoms with Crippen LogP contribution in [0.4, 0.5) is 0 Å². The van der Waals surface area contributed by atoms with E-state index in [0.717, 1.165) is 32.3 Å². The van der Waals surface area contributed by atoms with Gasteiger partial charge in [-0.1, -0.05) is 6.92 Å². The first-order chi connectivity index (χ1) is 7.98. The minimum atomic E-state index is -2.83. The zero-order chi connectivity index (χ0) is 12.9. The zero-order valence-electron chi connectivity index (χ0n) is 11.1. The minimum Gasteiger partial charge on any atom is -0.378 e. The Morgan fingerprint density at radius 1 is 1.47 bits per heavy atom. The van der Waals surface area contributed by atoms with Gasteiger partial charge in [-0.15, -0.1) is 0 Å². The molecule has 1 fully saturated rings. The van der Waals surface area contributed by atoms with E-state index in [9.17, 15) is 8.42 Å². The summed E-state index contributed by atoms with van der Waals surface area (Å²) in [5.41, 5.74) is 0. The second kappa shape index (κ2) is 6.71. The molecule has 3 unspecified atom stereocenters. The van der Waals surface area contributed by atoms with E-state index in [1.165, 1.54) is 6.26 Å². The number of rotatable bonds is 7. The molecule has 0 bridgehead atoms. The van der Waals surface area contributed by atoms with Crippen LogP contribution in [0, 0.1) is 5.92 Å². The molecule has 1 saturated heterocycles. The van der Waals surface area contributed by atoms with Crippen molar-refractivity contribution in [2.45, 2.75) is 44.8 Å². The summed E-state index contributed by atoms with van der Waals surface area (Å²) in [4.78, 5) is 0. The second-order valence-corrected chi connectivity index (χ2v) is 7.20. The quantitative estimate of drug-likeness (QED) is 0.750. The van der Waals surface area contributed by atoms with Gasteiger partial charge in [0.15, 0.2) is 0 Å². The van der Waals surface area contributed by atoms with Gasteiger partial charge in [0.1, 0.15) is 9.84 Å². The van der Waals surface area contributed by atoms with Crippen LogP contribution in [-0.4, -0.2) is 46.2 Å². The molecule has 1 aliphatic rings. The zero-order valence-corrected chi connectivity index (χ0v) is 11.9. The Bertz CT molecular complexity index is 316. The highest BCUT2D eigenvalue weighted by Crippen LogP contribution is 2.28. The molecule has 3 atom stereocenters. The summed E-state index contributed by atoms with van der Waals surface area (Å²) >= 11 is 0. The standard InChI is InChI=1S/C12H25NO3S/c1-4-12-10(7-8-16-12)11(13-2)6-5-9-17(3,14)15/h10-13H,4-9H2,1-3H3. The normalized spacial score (nSPS) is 27.2. The van der Waals surface area contributed by atoms with E-state index in [0.29, 0.717) is 18.1 Å². The Balaban J connectivity index is 2.42. The molecule has 1 rings (SSSR count). The first-order valence-corrected chi connectivity index (χ1v) is 8.50. The lowest BCUT2D eigenvalue weighted by molar-refractivity contribution is 0.0773. The molecule has 17 heavy (non-hydrogen) atoms. The number of sulfone groups is 1. The van der Waals surface area contributed by atoms with E-state index in [-0.39, 0.29) is 5.75 Å². The third-order valence-electron chi connectivity index (χ3n) is 3.58. The van der Waals surface area contributed by atoms with Gasteiger partial charge in [-0.05, 0) is 32.7 Å². The van der Waals surface area contributed by atoms with E-state index in [4.69, 9.17) is 4.74 Å². The molecular formula is C12H25NO3S. The fourth-order valence-electron chi connectivity index (χ4n) is 2.68. The highest BCUT2D eigenvalue weighted by atomic mass is 32.2. The van der Waals surface area contributed by atoms with Gasteiger partial charge < -0.3 is 10.1 Å². The van der Waals surface area contributed by atoms with Crippen LogP contribution < -0.4 is 5.32 Å². The molecule has 1 aliphatic heterocycles. The van der Waals surface area contributed by atoms with Gasteiger partial charge in [-0.25, -0.2) is 8.42 Å². The van der Waals surface area contributed by atoms with Crippen LogP contribution in [-0.2, 0) is 14.6 Å². The summed E-state index contributed by atoms with van der Waals surface area (Å²) in [6.07, 6.45) is 5.41. The predicted molar refractivity (Wildman–Crippen MR) is 69.9 cm³/mol. The maximum atomic E-state index is 11.1. The van der Waals surface area contributed by atoms with Gasteiger partial charge in [-0.2, -0.15) is 0 Å². The van der Waals surface area contributed by atoms with Crippen LogP contribution in [0.1, 0.15) is 32.6 Å². The monoisotopic (exact) mass is 263 g/mol. The Labute approximate surface area is 105 Å². The largest absolute Gasteiger partial charge is 0.378 e. The molecular weight excluding hydrogens is 238 g/mol. The SMILES string of the molecule is CCC1OCCC1C(CCCS(C)(=O)=O)NC. The van der Waals surface area contributed by atoms with E-state index < -0.39 is 9.84 Å². The van der Waals surface area contributed by atoms with Gasteiger partial charge in [0.2, 0.25) is 0 Å². The molecule has 0 saturated carbocycles. The molecule has 5 heteroatoms. The number of nitrogens with one attached hydrogen (secondary N) is 1. The van der Waals surface area contributed by atoms with Crippen molar-refractivity contribution in [3.8, 4) is 0 Å². The van der Waals surface area contributed by atoms with Crippen LogP contribution in [0.15, 0.2) is 0 Å². The third-order valence-corrected chi connectivity index (χ3v) is 4.61. The highest BCUT2D eigenvalue weighted by molar-refractivity contribution is 7.90. The molecule has 1 heterocycles. The molecule has 0 aromatic rings. The molecule has 0 aliphatic carbocycles. The summed E-state index contributed by atoms with van der Waals surface area (Å²) < 4.78 is 27.9. The van der Waals surface area contributed by atoms with Crippen LogP contribution in [0.2, 0.25) is 0 Å². The molecule has 102 valence electrons. The molecule has 0 amide bonds. The fraction of sp³-hybridized carbons (Fsp3) is 1.00. The van der Waals surface area contributed by atoms with Crippen LogP contribution in [0.3, 0.4) is 0 Å². The van der Waals surface area contributed by atoms with Gasteiger partial charge in [0.05, 0.1) is 6.10 Å². The van der Waals surface area contributed by atoms with Gasteiger partial charge in [0, 0.05) is 30.6 Å². The van der Waals surface area contributed by atoms with Crippen molar-refractivity contribution in [1.29, 1.82) is 0 Å². The lowest BCUT2D eigenvalue weighted by atomic mass is 9.89. The molecule has 0 aromatic carbocycles. The van der Waals surface area contributed by atoms with Gasteiger partial charge >= 0.3 is 0 Å². The van der Waals surface area contributed by atoms with Crippen molar-refractivity contribution in [3.63, 3.8) is 0 Å². The second-order valence-electron chi connectivity index (χ2n) is 4.94. The van der Waals surface area contributed by atoms with E-state index in [1.807, 2.05) is 7.05 Å². The van der Waals surface area contributed by atoms with Gasteiger partial charge in [0.25, 0.3) is 0 Å². The molecule has 0 aromatic heterocycles. The van der Waals surface area contributed by atoms with Crippen molar-refractivity contribution in [3.05, 3.63) is 0 Å². The molecule has 0 radical (unpaired) electrons. The smallest absolute Gasteiger partial charge is 0.147 e. The molecule has 0 spiro atoms. The van der Waals surface area contributed by atoms with Crippen LogP contribution >= 0.6 is 0 Å². The summed E-state index contributed by atoms with van der Waals surface area (Å²) in [5.74, 6) is 0.819. The average Bonchev–Trinajstić information content (AvgIpc) is 2.70. The average molecular weight is 263 g/mol. The van der Waals surface area contributed by atoms with E-state index in [2.05, 4.69) is 12.2 Å². The maximum Gasteiger partial charge on any atom is 0.147 e. The third kappa shape index (κ3) is 4.94. The first-order valence-electron chi connectivity index (χ1n) is 6.44. The van der Waals surface area contributed by atoms with Crippen LogP contribution in [0.25, 0.3) is 0 Å². The van der Waals surface area contributed by atoms with Crippen molar-refractivity contribution >= 4 is 9.84 Å². The summed E-state index contributed by atoms with van der Waals surface area (Å²) in [6, 6.07) is 0.379. The first kappa shape index (κ1) is 14.9. The lowest BCUT2D eigenvalue weighted by Crippen LogP contribution is -2.38. The Morgan fingerprint density at radius 2 is 2.18 bits per heavy atom. The van der Waals surface area contributed by atoms with Crippen molar-refractivity contribution in [2.75, 3.05) is 25.7 Å². The van der Waals surface area contributed by atoms with Crippen molar-refractivity contribution < 1.29 is 13.2 Å². The summed E-state index contributed by atoms with van der Waals surface area (Å²) in [5, 5.41) is 3.32. The minimum absolute atomic E-state index is 0.287. The molecule has 1 N–H and O–H groups in total. The van der Waals surface area contributed by atoms with Gasteiger partial charge in [-0.3, -0.25) is 0 Å². The predicted octanol–water partition coefficient (Wildman–Crippen LogP) is 1.21. The topological polar surface area (TPSA) is 55.4 Å². The lowest BCUT2D eigenvalue weighted by Gasteiger charge is -2.26. The summed E-state index contributed by atoms with van der Waals surface area (Å²) in [6.45, 7) is 2.99. The van der Waals surface area contributed by atoms with E-state index >= 15 is 0 Å². The molecule has 4 nitrogen and oxygen atoms in total. The summed E-state index contributed by atoms with van der Waals surface area (Å²) in [7, 11) is -0.875. The van der Waals surface area contributed by atoms with Crippen LogP contribution in [0.5, 0.6) is 0 Å². The fourth-order valence-corrected chi connectivity index (χ4v) is 3.37. The number of ether oxygens (including phenoxy) is 1. The Hall–Kier alpha value is -0.130. The Morgan fingerprint density at radius 3 is 2.71 bits per heavy atom. The van der Waals surface area contributed by atoms with E-state index in [1.54, 1.807) is 0 Å². The Kier molecular flexibility index (Phi) is 5.89. The van der Waals surface area contributed by atoms with Crippen molar-refractivity contribution in [2.24, 2.45) is 5.92 Å². The number of hydrogen-bond acceptors (Lipinski definition) is 4. The highest BCUT2D eigenvalue weighted by Gasteiger charge is 2.32. The van der Waals surface area contributed by atoms with Crippen molar-refractivity contribution in [1.82, 2.24) is 5.32 Å². The number of hydrogen-bond donors (Lipinski definition) is 1. The maximum absolute atomic E-state index is 11.1.